The van der Waals surface area contributed by atoms with Gasteiger partial charge in [-0.25, -0.2) is 14.0 Å². The van der Waals surface area contributed by atoms with Crippen LogP contribution in [0.2, 0.25) is 0 Å². The predicted molar refractivity (Wildman–Crippen MR) is 244 cm³/mol. The number of carbonyl (C=O) groups is 3. The average molecular weight is 887 g/mol. The van der Waals surface area contributed by atoms with Gasteiger partial charge in [-0.15, -0.1) is 0 Å². The lowest BCUT2D eigenvalue weighted by Crippen LogP contribution is -2.50. The van der Waals surface area contributed by atoms with Crippen molar-refractivity contribution in [1.29, 1.82) is 0 Å². The zero-order valence-corrected chi connectivity index (χ0v) is 37.1. The maximum Gasteiger partial charge on any atom is 0.415 e. The Balaban J connectivity index is 1.14. The fourth-order valence-electron chi connectivity index (χ4n) is 7.49. The molecule has 64 heavy (non-hydrogen) atoms. The number of rotatable bonds is 19. The van der Waals surface area contributed by atoms with Crippen LogP contribution in [0.4, 0.5) is 9.18 Å². The van der Waals surface area contributed by atoms with Crippen molar-refractivity contribution in [2.75, 3.05) is 52.5 Å². The van der Waals surface area contributed by atoms with Gasteiger partial charge in [-0.05, 0) is 74.0 Å². The minimum absolute atomic E-state index is 0.176. The zero-order valence-electron chi connectivity index (χ0n) is 36.2. The molecule has 6 aromatic rings. The first-order valence-electron chi connectivity index (χ1n) is 21.3. The van der Waals surface area contributed by atoms with Gasteiger partial charge in [0.05, 0.1) is 12.2 Å². The second-order valence-electron chi connectivity index (χ2n) is 15.3. The molecule has 0 bridgehead atoms. The van der Waals surface area contributed by atoms with E-state index in [0.29, 0.717) is 67.6 Å². The summed E-state index contributed by atoms with van der Waals surface area (Å²) < 4.78 is 44.6. The molecule has 0 radical (unpaired) electrons. The van der Waals surface area contributed by atoms with Crippen LogP contribution in [0.15, 0.2) is 134 Å². The van der Waals surface area contributed by atoms with Gasteiger partial charge in [0.2, 0.25) is 8.38 Å². The Bertz CT molecular complexity index is 2420. The molecular formula is C50H52FN4O8P. The van der Waals surface area contributed by atoms with E-state index in [2.05, 4.69) is 4.90 Å². The molecular weight excluding hydrogens is 835 g/mol. The lowest BCUT2D eigenvalue weighted by atomic mass is 9.98. The lowest BCUT2D eigenvalue weighted by molar-refractivity contribution is -0.150. The monoisotopic (exact) mass is 886 g/mol. The van der Waals surface area contributed by atoms with Crippen molar-refractivity contribution < 1.29 is 42.0 Å². The Hall–Kier alpha value is -6.24. The molecule has 1 amide bonds. The van der Waals surface area contributed by atoms with Crippen molar-refractivity contribution in [3.05, 3.63) is 167 Å². The van der Waals surface area contributed by atoms with Crippen LogP contribution >= 0.6 is 8.38 Å². The van der Waals surface area contributed by atoms with Crippen LogP contribution < -0.4 is 14.0 Å². The Morgan fingerprint density at radius 3 is 2.09 bits per heavy atom. The Kier molecular flexibility index (Phi) is 16.0. The third-order valence-corrected chi connectivity index (χ3v) is 12.3. The number of hydrogen-bond donors (Lipinski definition) is 0. The molecule has 7 rings (SSSR count). The number of halogens is 1. The molecule has 0 spiro atoms. The largest absolute Gasteiger partial charge is 0.478 e. The number of aromatic nitrogens is 1. The molecule has 0 saturated carbocycles. The highest BCUT2D eigenvalue weighted by Gasteiger charge is 2.31. The standard InChI is InChI=1S/C50H52FN4O8P/c1-4-59-49(57)36(2)62-64(63-41-19-12-7-13-20-41)32-31-54-27-29-55(30-28-54)50(58)61-47-42-21-14-26-52-45(42)48(60-46(38-15-8-5-9-16-38)39-17-10-6-11-18-39)44(35-56)43(47)34-53(3)33-37-22-24-40(51)25-23-37/h5-26,35-36,46H,4,27-34H2,1-3H3. The normalized spacial score (nSPS) is 14.0. The number of esters is 1. The zero-order chi connectivity index (χ0) is 44.8. The second kappa shape index (κ2) is 22.4. The van der Waals surface area contributed by atoms with E-state index in [1.807, 2.05) is 109 Å². The van der Waals surface area contributed by atoms with E-state index < -0.39 is 32.6 Å². The highest BCUT2D eigenvalue weighted by molar-refractivity contribution is 7.47. The maximum absolute atomic E-state index is 14.2. The molecule has 1 fully saturated rings. The summed E-state index contributed by atoms with van der Waals surface area (Å²) in [5.74, 6) is 0.334. The van der Waals surface area contributed by atoms with E-state index in [9.17, 15) is 18.8 Å². The van der Waals surface area contributed by atoms with Gasteiger partial charge in [0.15, 0.2) is 18.1 Å². The van der Waals surface area contributed by atoms with Gasteiger partial charge in [-0.2, -0.15) is 0 Å². The number of fused-ring (bicyclic) bond motifs is 1. The van der Waals surface area contributed by atoms with Crippen molar-refractivity contribution in [2.45, 2.75) is 39.1 Å². The smallest absolute Gasteiger partial charge is 0.415 e. The van der Waals surface area contributed by atoms with E-state index in [1.165, 1.54) is 12.1 Å². The molecule has 1 saturated heterocycles. The van der Waals surface area contributed by atoms with Crippen molar-refractivity contribution in [2.24, 2.45) is 0 Å². The molecule has 1 aromatic heterocycles. The summed E-state index contributed by atoms with van der Waals surface area (Å²) in [7, 11) is 0.381. The number of nitrogens with zero attached hydrogens (tertiary/aromatic N) is 4. The quantitative estimate of drug-likeness (QED) is 0.0440. The number of aldehydes is 1. The number of benzene rings is 5. The molecule has 12 nitrogen and oxygen atoms in total. The third kappa shape index (κ3) is 11.9. The SMILES string of the molecule is CCOC(=O)C(C)OP(CCN1CCN(C(=O)Oc2c(CN(C)Cc3ccc(F)cc3)c(C=O)c(OC(c3ccccc3)c3ccccc3)c3ncccc23)CC1)Oc1ccccc1. The van der Waals surface area contributed by atoms with Crippen LogP contribution in [-0.4, -0.2) is 96.7 Å². The van der Waals surface area contributed by atoms with E-state index in [1.54, 1.807) is 43.1 Å². The topological polar surface area (TPSA) is 120 Å². The minimum Gasteiger partial charge on any atom is -0.478 e. The summed E-state index contributed by atoms with van der Waals surface area (Å²) in [5.41, 5.74) is 3.63. The van der Waals surface area contributed by atoms with E-state index >= 15 is 0 Å². The summed E-state index contributed by atoms with van der Waals surface area (Å²) >= 11 is 0. The van der Waals surface area contributed by atoms with Crippen molar-refractivity contribution in [1.82, 2.24) is 19.7 Å². The maximum atomic E-state index is 14.2. The summed E-state index contributed by atoms with van der Waals surface area (Å²) in [6.45, 7) is 6.72. The van der Waals surface area contributed by atoms with E-state index in [4.69, 9.17) is 28.2 Å². The van der Waals surface area contributed by atoms with Crippen LogP contribution in [0.1, 0.15) is 52.6 Å². The van der Waals surface area contributed by atoms with Crippen LogP contribution in [-0.2, 0) is 27.1 Å². The first-order chi connectivity index (χ1) is 31.2. The van der Waals surface area contributed by atoms with E-state index in [-0.39, 0.29) is 36.0 Å². The van der Waals surface area contributed by atoms with Gasteiger partial charge in [-0.1, -0.05) is 91.0 Å². The lowest BCUT2D eigenvalue weighted by Gasteiger charge is -2.35. The third-order valence-electron chi connectivity index (χ3n) is 10.7. The van der Waals surface area contributed by atoms with Gasteiger partial charge in [0.1, 0.15) is 28.9 Å². The number of hydrogen-bond acceptors (Lipinski definition) is 11. The Labute approximate surface area is 374 Å². The van der Waals surface area contributed by atoms with Crippen molar-refractivity contribution >= 4 is 37.6 Å². The van der Waals surface area contributed by atoms with Gasteiger partial charge in [0, 0.05) is 69.1 Å². The first-order valence-corrected chi connectivity index (χ1v) is 22.7. The highest BCUT2D eigenvalue weighted by Crippen LogP contribution is 2.44. The number of pyridine rings is 1. The summed E-state index contributed by atoms with van der Waals surface area (Å²) in [4.78, 5) is 50.7. The molecule has 332 valence electrons. The first kappa shape index (κ1) is 45.8. The molecule has 14 heteroatoms. The number of ether oxygens (including phenoxy) is 3. The number of amides is 1. The summed E-state index contributed by atoms with van der Waals surface area (Å²) in [5, 5.41) is 0.504. The molecule has 1 aliphatic rings. The minimum atomic E-state index is -1.50. The van der Waals surface area contributed by atoms with Crippen molar-refractivity contribution in [3.8, 4) is 17.2 Å². The Morgan fingerprint density at radius 2 is 1.47 bits per heavy atom. The average Bonchev–Trinajstić information content (AvgIpc) is 3.32. The molecule has 2 unspecified atom stereocenters. The van der Waals surface area contributed by atoms with Crippen LogP contribution in [0.25, 0.3) is 10.9 Å². The van der Waals surface area contributed by atoms with E-state index in [0.717, 1.165) is 23.0 Å². The molecule has 2 atom stereocenters. The summed E-state index contributed by atoms with van der Waals surface area (Å²) in [6, 6.07) is 38.6. The number of piperazine rings is 1. The van der Waals surface area contributed by atoms with Gasteiger partial charge < -0.3 is 28.2 Å². The van der Waals surface area contributed by atoms with Crippen molar-refractivity contribution in [3.63, 3.8) is 0 Å². The fourth-order valence-corrected chi connectivity index (χ4v) is 8.97. The Morgan fingerprint density at radius 1 is 0.828 bits per heavy atom. The molecule has 2 heterocycles. The number of para-hydroxylation sites is 1. The highest BCUT2D eigenvalue weighted by atomic mass is 31.2. The molecule has 0 aliphatic carbocycles. The second-order valence-corrected chi connectivity index (χ2v) is 16.8. The van der Waals surface area contributed by atoms with Gasteiger partial charge >= 0.3 is 12.1 Å². The molecule has 5 aromatic carbocycles. The molecule has 0 N–H and O–H groups in total. The van der Waals surface area contributed by atoms with Crippen LogP contribution in [0.5, 0.6) is 17.2 Å². The van der Waals surface area contributed by atoms with Crippen LogP contribution in [0.3, 0.4) is 0 Å². The van der Waals surface area contributed by atoms with Gasteiger partial charge in [0.25, 0.3) is 0 Å². The summed E-state index contributed by atoms with van der Waals surface area (Å²) in [6.07, 6.45) is 0.912. The van der Waals surface area contributed by atoms with Gasteiger partial charge in [-0.3, -0.25) is 19.6 Å². The molecule has 1 aliphatic heterocycles. The fraction of sp³-hybridized carbons (Fsp3) is 0.280. The predicted octanol–water partition coefficient (Wildman–Crippen LogP) is 9.46. The van der Waals surface area contributed by atoms with Crippen LogP contribution in [0, 0.1) is 5.82 Å². The number of carbonyl (C=O) groups excluding carboxylic acids is 3.